The summed E-state index contributed by atoms with van der Waals surface area (Å²) in [4.78, 5) is 1.67. The first-order chi connectivity index (χ1) is 9.90. The maximum absolute atomic E-state index is 14.3. The van der Waals surface area contributed by atoms with Crippen molar-refractivity contribution in [3.8, 4) is 0 Å². The lowest BCUT2D eigenvalue weighted by Gasteiger charge is -2.21. The van der Waals surface area contributed by atoms with Crippen LogP contribution in [0.25, 0.3) is 0 Å². The Kier molecular flexibility index (Phi) is 4.57. The van der Waals surface area contributed by atoms with Crippen molar-refractivity contribution in [2.24, 2.45) is 5.73 Å². The molecule has 0 aliphatic carbocycles. The average Bonchev–Trinajstić information content (AvgIpc) is 2.41. The quantitative estimate of drug-likeness (QED) is 0.651. The van der Waals surface area contributed by atoms with Crippen LogP contribution in [0.2, 0.25) is 0 Å². The maximum Gasteiger partial charge on any atom is 0.161 e. The van der Waals surface area contributed by atoms with Crippen molar-refractivity contribution < 1.29 is 8.78 Å². The first-order valence-electron chi connectivity index (χ1n) is 6.18. The van der Waals surface area contributed by atoms with Gasteiger partial charge in [-0.3, -0.25) is 5.41 Å². The van der Waals surface area contributed by atoms with Gasteiger partial charge in [0.15, 0.2) is 5.82 Å². The zero-order valence-electron chi connectivity index (χ0n) is 11.3. The number of nitrogens with two attached hydrogens (primary N) is 1. The number of nitrogens with one attached hydrogen (secondary N) is 1. The molecular formula is C15H14BrF2N3. The molecule has 0 amide bonds. The van der Waals surface area contributed by atoms with Gasteiger partial charge in [-0.25, -0.2) is 8.78 Å². The molecule has 0 aliphatic heterocycles. The Labute approximate surface area is 130 Å². The highest BCUT2D eigenvalue weighted by Gasteiger charge is 2.16. The summed E-state index contributed by atoms with van der Waals surface area (Å²) in [6, 6.07) is 9.29. The minimum atomic E-state index is -0.499. The Morgan fingerprint density at radius 1 is 1.29 bits per heavy atom. The highest BCUT2D eigenvalue weighted by molar-refractivity contribution is 9.10. The second kappa shape index (κ2) is 6.22. The summed E-state index contributed by atoms with van der Waals surface area (Å²) in [5.74, 6) is -1.03. The number of rotatable bonds is 4. The Morgan fingerprint density at radius 3 is 2.62 bits per heavy atom. The van der Waals surface area contributed by atoms with E-state index in [4.69, 9.17) is 11.1 Å². The highest BCUT2D eigenvalue weighted by atomic mass is 79.9. The molecule has 3 N–H and O–H groups in total. The molecule has 2 aromatic rings. The molecule has 0 saturated heterocycles. The molecule has 0 aliphatic rings. The van der Waals surface area contributed by atoms with Crippen molar-refractivity contribution in [2.75, 3.05) is 11.9 Å². The second-order valence-electron chi connectivity index (χ2n) is 4.66. The molecule has 0 bridgehead atoms. The fraction of sp³-hybridized carbons (Fsp3) is 0.133. The van der Waals surface area contributed by atoms with Gasteiger partial charge in [-0.1, -0.05) is 12.1 Å². The van der Waals surface area contributed by atoms with Gasteiger partial charge in [0.2, 0.25) is 0 Å². The summed E-state index contributed by atoms with van der Waals surface area (Å²) >= 11 is 3.11. The molecule has 0 fully saturated rings. The minimum Gasteiger partial charge on any atom is -0.384 e. The molecule has 110 valence electrons. The van der Waals surface area contributed by atoms with Gasteiger partial charge in [0.05, 0.1) is 10.2 Å². The molecule has 0 unspecified atom stereocenters. The number of nitrogens with zero attached hydrogens (tertiary/aromatic N) is 1. The van der Waals surface area contributed by atoms with Crippen LogP contribution in [0.15, 0.2) is 40.9 Å². The standard InChI is InChI=1S/C15H14BrF2N3/c1-21(8-9-3-2-4-10(17)7-9)12-6-5-11(15(19)20)13(16)14(12)18/h2-7H,8H2,1H3,(H3,19,20). The summed E-state index contributed by atoms with van der Waals surface area (Å²) in [6.45, 7) is 0.362. The Hall–Kier alpha value is -1.95. The van der Waals surface area contributed by atoms with E-state index in [1.807, 2.05) is 0 Å². The summed E-state index contributed by atoms with van der Waals surface area (Å²) in [6.07, 6.45) is 0. The molecular weight excluding hydrogens is 340 g/mol. The Morgan fingerprint density at radius 2 is 2.00 bits per heavy atom. The second-order valence-corrected chi connectivity index (χ2v) is 5.45. The predicted molar refractivity (Wildman–Crippen MR) is 83.6 cm³/mol. The topological polar surface area (TPSA) is 53.1 Å². The molecule has 0 saturated carbocycles. The number of hydrogen-bond donors (Lipinski definition) is 2. The Balaban J connectivity index is 2.29. The number of nitrogen functional groups attached to an aromatic ring is 1. The van der Waals surface area contributed by atoms with E-state index < -0.39 is 5.82 Å². The summed E-state index contributed by atoms with van der Waals surface area (Å²) in [5.41, 5.74) is 6.77. The van der Waals surface area contributed by atoms with Crippen molar-refractivity contribution in [3.63, 3.8) is 0 Å². The molecule has 6 heteroatoms. The third kappa shape index (κ3) is 3.39. The van der Waals surface area contributed by atoms with Crippen LogP contribution >= 0.6 is 15.9 Å². The lowest BCUT2D eigenvalue weighted by atomic mass is 10.1. The largest absolute Gasteiger partial charge is 0.384 e. The van der Waals surface area contributed by atoms with E-state index in [0.29, 0.717) is 17.8 Å². The Bertz CT molecular complexity index is 689. The zero-order chi connectivity index (χ0) is 15.6. The third-order valence-electron chi connectivity index (χ3n) is 3.07. The van der Waals surface area contributed by atoms with Crippen molar-refractivity contribution in [1.29, 1.82) is 5.41 Å². The lowest BCUT2D eigenvalue weighted by Crippen LogP contribution is -2.19. The summed E-state index contributed by atoms with van der Waals surface area (Å²) < 4.78 is 27.7. The summed E-state index contributed by atoms with van der Waals surface area (Å²) in [7, 11) is 1.71. The van der Waals surface area contributed by atoms with Gasteiger partial charge in [-0.05, 0) is 45.8 Å². The number of amidine groups is 1. The number of hydrogen-bond acceptors (Lipinski definition) is 2. The third-order valence-corrected chi connectivity index (χ3v) is 3.85. The van der Waals surface area contributed by atoms with Crippen molar-refractivity contribution in [1.82, 2.24) is 0 Å². The molecule has 0 atom stereocenters. The van der Waals surface area contributed by atoms with Crippen LogP contribution in [0.5, 0.6) is 0 Å². The van der Waals surface area contributed by atoms with Gasteiger partial charge < -0.3 is 10.6 Å². The van der Waals surface area contributed by atoms with Crippen LogP contribution in [-0.4, -0.2) is 12.9 Å². The van der Waals surface area contributed by atoms with E-state index in [1.54, 1.807) is 36.2 Å². The fourth-order valence-corrected chi connectivity index (χ4v) is 2.59. The smallest absolute Gasteiger partial charge is 0.161 e. The SMILES string of the molecule is CN(Cc1cccc(F)c1)c1ccc(C(=N)N)c(Br)c1F. The highest BCUT2D eigenvalue weighted by Crippen LogP contribution is 2.29. The van der Waals surface area contributed by atoms with Crippen LogP contribution in [-0.2, 0) is 6.54 Å². The minimum absolute atomic E-state index is 0.151. The van der Waals surface area contributed by atoms with E-state index in [2.05, 4.69) is 15.9 Å². The average molecular weight is 354 g/mol. The first kappa shape index (κ1) is 15.4. The molecule has 0 spiro atoms. The monoisotopic (exact) mass is 353 g/mol. The van der Waals surface area contributed by atoms with Crippen LogP contribution in [0.1, 0.15) is 11.1 Å². The fourth-order valence-electron chi connectivity index (χ4n) is 2.04. The molecule has 2 aromatic carbocycles. The van der Waals surface area contributed by atoms with Crippen molar-refractivity contribution >= 4 is 27.5 Å². The maximum atomic E-state index is 14.3. The molecule has 0 heterocycles. The lowest BCUT2D eigenvalue weighted by molar-refractivity contribution is 0.613. The van der Waals surface area contributed by atoms with Gasteiger partial charge in [0.1, 0.15) is 11.7 Å². The predicted octanol–water partition coefficient (Wildman–Crippen LogP) is 3.65. The van der Waals surface area contributed by atoms with Crippen molar-refractivity contribution in [3.05, 3.63) is 63.6 Å². The van der Waals surface area contributed by atoms with Crippen LogP contribution in [0, 0.1) is 17.0 Å². The van der Waals surface area contributed by atoms with Gasteiger partial charge in [0.25, 0.3) is 0 Å². The number of anilines is 1. The van der Waals surface area contributed by atoms with E-state index in [9.17, 15) is 8.78 Å². The normalized spacial score (nSPS) is 10.5. The van der Waals surface area contributed by atoms with Crippen LogP contribution < -0.4 is 10.6 Å². The van der Waals surface area contributed by atoms with Crippen LogP contribution in [0.3, 0.4) is 0 Å². The summed E-state index contributed by atoms with van der Waals surface area (Å²) in [5, 5.41) is 7.38. The molecule has 0 aromatic heterocycles. The van der Waals surface area contributed by atoms with E-state index in [1.165, 1.54) is 12.1 Å². The van der Waals surface area contributed by atoms with Gasteiger partial charge in [-0.15, -0.1) is 0 Å². The first-order valence-corrected chi connectivity index (χ1v) is 6.97. The number of benzene rings is 2. The van der Waals surface area contributed by atoms with Gasteiger partial charge in [0, 0.05) is 19.2 Å². The van der Waals surface area contributed by atoms with E-state index >= 15 is 0 Å². The van der Waals surface area contributed by atoms with Gasteiger partial charge >= 0.3 is 0 Å². The van der Waals surface area contributed by atoms with E-state index in [-0.39, 0.29) is 16.1 Å². The van der Waals surface area contributed by atoms with E-state index in [0.717, 1.165) is 5.56 Å². The molecule has 2 rings (SSSR count). The molecule has 3 nitrogen and oxygen atoms in total. The van der Waals surface area contributed by atoms with Crippen LogP contribution in [0.4, 0.5) is 14.5 Å². The van der Waals surface area contributed by atoms with Gasteiger partial charge in [-0.2, -0.15) is 0 Å². The molecule has 0 radical (unpaired) electrons. The van der Waals surface area contributed by atoms with Crippen molar-refractivity contribution in [2.45, 2.75) is 6.54 Å². The zero-order valence-corrected chi connectivity index (χ0v) is 12.9. The molecule has 21 heavy (non-hydrogen) atoms. The number of halogens is 3.